The zero-order valence-corrected chi connectivity index (χ0v) is 18.5. The van der Waals surface area contributed by atoms with Gasteiger partial charge in [-0.15, -0.1) is 17.9 Å². The van der Waals surface area contributed by atoms with E-state index in [-0.39, 0.29) is 17.2 Å². The predicted molar refractivity (Wildman–Crippen MR) is 123 cm³/mol. The third kappa shape index (κ3) is 4.57. The Kier molecular flexibility index (Phi) is 6.53. The summed E-state index contributed by atoms with van der Waals surface area (Å²) in [6, 6.07) is 8.61. The van der Waals surface area contributed by atoms with Crippen molar-refractivity contribution in [2.45, 2.75) is 37.4 Å². The van der Waals surface area contributed by atoms with Crippen molar-refractivity contribution in [2.24, 2.45) is 0 Å². The van der Waals surface area contributed by atoms with Crippen molar-refractivity contribution in [3.05, 3.63) is 69.3 Å². The monoisotopic (exact) mass is 454 g/mol. The van der Waals surface area contributed by atoms with Gasteiger partial charge in [-0.25, -0.2) is 4.98 Å². The van der Waals surface area contributed by atoms with Crippen LogP contribution in [0, 0.1) is 0 Å². The molecule has 160 valence electrons. The lowest BCUT2D eigenvalue weighted by molar-refractivity contribution is -0.119. The van der Waals surface area contributed by atoms with E-state index in [1.807, 2.05) is 6.07 Å². The summed E-state index contributed by atoms with van der Waals surface area (Å²) in [5, 5.41) is 1.19. The minimum absolute atomic E-state index is 0.00918. The SMILES string of the molecule is C=CCn1c(SCC(=O)NNC(=O)c2ccccc2)nc2sc3c(c2c1=O)CCCC3. The van der Waals surface area contributed by atoms with Crippen molar-refractivity contribution in [2.75, 3.05) is 5.75 Å². The number of benzene rings is 1. The zero-order valence-electron chi connectivity index (χ0n) is 16.8. The first-order valence-electron chi connectivity index (χ1n) is 10.0. The molecule has 1 aliphatic carbocycles. The third-order valence-corrected chi connectivity index (χ3v) is 7.20. The maximum Gasteiger partial charge on any atom is 0.269 e. The van der Waals surface area contributed by atoms with Crippen LogP contribution >= 0.6 is 23.1 Å². The van der Waals surface area contributed by atoms with Crippen molar-refractivity contribution in [3.8, 4) is 0 Å². The van der Waals surface area contributed by atoms with Crippen LogP contribution in [0.1, 0.15) is 33.6 Å². The van der Waals surface area contributed by atoms with Crippen LogP contribution in [-0.4, -0.2) is 27.1 Å². The molecule has 1 aromatic carbocycles. The zero-order chi connectivity index (χ0) is 21.8. The van der Waals surface area contributed by atoms with Crippen molar-refractivity contribution < 1.29 is 9.59 Å². The van der Waals surface area contributed by atoms with E-state index in [2.05, 4.69) is 17.4 Å². The van der Waals surface area contributed by atoms with E-state index in [1.165, 1.54) is 4.88 Å². The second-order valence-corrected chi connectivity index (χ2v) is 9.17. The van der Waals surface area contributed by atoms with Crippen molar-refractivity contribution in [1.82, 2.24) is 20.4 Å². The Morgan fingerprint density at radius 3 is 2.74 bits per heavy atom. The number of nitrogens with one attached hydrogen (secondary N) is 2. The highest BCUT2D eigenvalue weighted by Crippen LogP contribution is 2.34. The van der Waals surface area contributed by atoms with Crippen molar-refractivity contribution in [3.63, 3.8) is 0 Å². The molecule has 0 fully saturated rings. The van der Waals surface area contributed by atoms with Gasteiger partial charge in [-0.2, -0.15) is 0 Å². The van der Waals surface area contributed by atoms with Crippen LogP contribution in [0.15, 0.2) is 52.9 Å². The number of thioether (sulfide) groups is 1. The summed E-state index contributed by atoms with van der Waals surface area (Å²) in [4.78, 5) is 44.2. The Hall–Kier alpha value is -2.91. The van der Waals surface area contributed by atoms with E-state index in [1.54, 1.807) is 46.2 Å². The number of amides is 2. The number of fused-ring (bicyclic) bond motifs is 3. The number of thiophene rings is 1. The quantitative estimate of drug-likeness (QED) is 0.258. The molecule has 0 unspecified atom stereocenters. The number of nitrogens with zero attached hydrogens (tertiary/aromatic N) is 2. The fraction of sp³-hybridized carbons (Fsp3) is 0.273. The molecule has 2 amide bonds. The molecule has 9 heteroatoms. The highest BCUT2D eigenvalue weighted by Gasteiger charge is 2.22. The van der Waals surface area contributed by atoms with E-state index < -0.39 is 5.91 Å². The van der Waals surface area contributed by atoms with E-state index in [0.29, 0.717) is 22.7 Å². The molecule has 3 aromatic rings. The topological polar surface area (TPSA) is 93.1 Å². The van der Waals surface area contributed by atoms with Gasteiger partial charge in [0.05, 0.1) is 11.1 Å². The lowest BCUT2D eigenvalue weighted by Gasteiger charge is -2.12. The van der Waals surface area contributed by atoms with Gasteiger partial charge in [0.2, 0.25) is 5.91 Å². The molecule has 31 heavy (non-hydrogen) atoms. The second kappa shape index (κ2) is 9.49. The minimum atomic E-state index is -0.397. The Bertz CT molecular complexity index is 1200. The van der Waals surface area contributed by atoms with Gasteiger partial charge in [0.15, 0.2) is 5.16 Å². The Morgan fingerprint density at radius 2 is 1.97 bits per heavy atom. The molecule has 0 atom stereocenters. The number of rotatable bonds is 6. The van der Waals surface area contributed by atoms with Crippen LogP contribution in [0.25, 0.3) is 10.2 Å². The van der Waals surface area contributed by atoms with Crippen molar-refractivity contribution in [1.29, 1.82) is 0 Å². The highest BCUT2D eigenvalue weighted by molar-refractivity contribution is 7.99. The lowest BCUT2D eigenvalue weighted by atomic mass is 9.97. The number of hydrazine groups is 1. The van der Waals surface area contributed by atoms with Gasteiger partial charge in [-0.1, -0.05) is 36.0 Å². The van der Waals surface area contributed by atoms with Gasteiger partial charge in [0.1, 0.15) is 4.83 Å². The van der Waals surface area contributed by atoms with E-state index in [4.69, 9.17) is 4.98 Å². The van der Waals surface area contributed by atoms with Crippen LogP contribution in [0.3, 0.4) is 0 Å². The maximum absolute atomic E-state index is 13.2. The summed E-state index contributed by atoms with van der Waals surface area (Å²) >= 11 is 2.74. The molecule has 0 aliphatic heterocycles. The van der Waals surface area contributed by atoms with E-state index in [9.17, 15) is 14.4 Å². The van der Waals surface area contributed by atoms with E-state index in [0.717, 1.165) is 47.8 Å². The number of carbonyl (C=O) groups excluding carboxylic acids is 2. The molecule has 0 saturated carbocycles. The number of aromatic nitrogens is 2. The lowest BCUT2D eigenvalue weighted by Crippen LogP contribution is -2.42. The second-order valence-electron chi connectivity index (χ2n) is 7.15. The highest BCUT2D eigenvalue weighted by atomic mass is 32.2. The van der Waals surface area contributed by atoms with E-state index >= 15 is 0 Å². The standard InChI is InChI=1S/C22H22N4O3S2/c1-2-12-26-21(29)18-15-10-6-7-11-16(15)31-20(18)23-22(26)30-13-17(27)24-25-19(28)14-8-4-3-5-9-14/h2-5,8-9H,1,6-7,10-13H2,(H,24,27)(H,25,28). The smallest absolute Gasteiger partial charge is 0.269 e. The molecule has 4 rings (SSSR count). The van der Waals surface area contributed by atoms with Crippen LogP contribution in [0.2, 0.25) is 0 Å². The van der Waals surface area contributed by atoms with Gasteiger partial charge in [-0.3, -0.25) is 29.8 Å². The van der Waals surface area contributed by atoms with Crippen molar-refractivity contribution >= 4 is 45.1 Å². The van der Waals surface area contributed by atoms with Crippen LogP contribution in [0.4, 0.5) is 0 Å². The molecule has 0 spiro atoms. The molecule has 1 aliphatic rings. The summed E-state index contributed by atoms with van der Waals surface area (Å²) in [7, 11) is 0. The number of hydrogen-bond donors (Lipinski definition) is 2. The molecular formula is C22H22N4O3S2. The maximum atomic E-state index is 13.2. The number of aryl methyl sites for hydroxylation is 2. The Balaban J connectivity index is 1.49. The molecule has 0 saturated heterocycles. The molecule has 0 radical (unpaired) electrons. The Labute approximate surface area is 187 Å². The minimum Gasteiger partial charge on any atom is -0.283 e. The fourth-order valence-corrected chi connectivity index (χ4v) is 5.69. The van der Waals surface area contributed by atoms with Gasteiger partial charge in [0, 0.05) is 17.0 Å². The van der Waals surface area contributed by atoms with Crippen LogP contribution in [0.5, 0.6) is 0 Å². The van der Waals surface area contributed by atoms with Crippen LogP contribution < -0.4 is 16.4 Å². The van der Waals surface area contributed by atoms with Crippen LogP contribution in [-0.2, 0) is 24.2 Å². The first kappa shape index (κ1) is 21.3. The van der Waals surface area contributed by atoms with Gasteiger partial charge in [-0.05, 0) is 43.4 Å². The summed E-state index contributed by atoms with van der Waals surface area (Å²) in [5.74, 6) is -0.777. The molecule has 2 heterocycles. The molecule has 0 bridgehead atoms. The molecular weight excluding hydrogens is 432 g/mol. The number of hydrogen-bond acceptors (Lipinski definition) is 6. The number of allylic oxidation sites excluding steroid dienone is 1. The van der Waals surface area contributed by atoms with Gasteiger partial charge in [0.25, 0.3) is 11.5 Å². The van der Waals surface area contributed by atoms with Gasteiger partial charge >= 0.3 is 0 Å². The number of carbonyl (C=O) groups is 2. The summed E-state index contributed by atoms with van der Waals surface area (Å²) < 4.78 is 1.57. The fourth-order valence-electron chi connectivity index (χ4n) is 3.57. The molecule has 7 nitrogen and oxygen atoms in total. The van der Waals surface area contributed by atoms with Gasteiger partial charge < -0.3 is 0 Å². The molecule has 2 N–H and O–H groups in total. The first-order chi connectivity index (χ1) is 15.1. The average Bonchev–Trinajstić information content (AvgIpc) is 3.17. The molecule has 2 aromatic heterocycles. The summed E-state index contributed by atoms with van der Waals surface area (Å²) in [6.45, 7) is 4.07. The first-order valence-corrected chi connectivity index (χ1v) is 11.8. The summed E-state index contributed by atoms with van der Waals surface area (Å²) in [5.41, 5.74) is 6.30. The third-order valence-electron chi connectivity index (χ3n) is 5.04. The normalized spacial score (nSPS) is 12.9. The largest absolute Gasteiger partial charge is 0.283 e. The Morgan fingerprint density at radius 1 is 1.19 bits per heavy atom. The average molecular weight is 455 g/mol. The summed E-state index contributed by atoms with van der Waals surface area (Å²) in [6.07, 6.45) is 5.78. The predicted octanol–water partition coefficient (Wildman–Crippen LogP) is 3.08.